The number of carboxylic acid groups (broad SMARTS) is 1. The van der Waals surface area contributed by atoms with E-state index in [1.165, 1.54) is 4.68 Å². The van der Waals surface area contributed by atoms with Crippen LogP contribution in [0.2, 0.25) is 5.02 Å². The average molecular weight is 540 g/mol. The van der Waals surface area contributed by atoms with Gasteiger partial charge in [-0.2, -0.15) is 5.10 Å². The van der Waals surface area contributed by atoms with Crippen molar-refractivity contribution in [1.82, 2.24) is 9.78 Å². The highest BCUT2D eigenvalue weighted by atomic mass is 35.5. The summed E-state index contributed by atoms with van der Waals surface area (Å²) in [6, 6.07) is 9.21. The number of fused-ring (bicyclic) bond motifs is 1. The van der Waals surface area contributed by atoms with Crippen LogP contribution in [0.15, 0.2) is 36.5 Å². The third-order valence-corrected chi connectivity index (χ3v) is 9.41. The molecular weight excluding hydrogens is 518 g/mol. The molecule has 1 aromatic carbocycles. The van der Waals surface area contributed by atoms with Crippen molar-refractivity contribution >= 4 is 61.6 Å². The van der Waals surface area contributed by atoms with Crippen LogP contribution in [-0.2, 0) is 22.0 Å². The predicted molar refractivity (Wildman–Crippen MR) is 142 cm³/mol. The second kappa shape index (κ2) is 9.28. The Bertz CT molecular complexity index is 1570. The lowest BCUT2D eigenvalue weighted by atomic mass is 10.1. The second-order valence-corrected chi connectivity index (χ2v) is 11.2. The minimum absolute atomic E-state index is 0.425. The number of hydrogen-bond donors (Lipinski definition) is 2. The van der Waals surface area contributed by atoms with E-state index in [1.807, 2.05) is 31.2 Å². The number of nitrogens with zero attached hydrogens (tertiary/aromatic N) is 2. The molecule has 0 saturated heterocycles. The summed E-state index contributed by atoms with van der Waals surface area (Å²) in [4.78, 5) is 26.1. The molecule has 2 N–H and O–H groups in total. The minimum atomic E-state index is -0.745. The molecule has 0 radical (unpaired) electrons. The highest BCUT2D eigenvalue weighted by Crippen LogP contribution is 2.53. The standard InChI is InChI=1S/C26H22ClN3O4S2/c1-14-19(35-20-12-21(36-22(14)20)26(10-11-26)24(31)32)9-8-16-13-28-30(3)23(16)29-25(33)34-15(2)17-6-4-5-7-18(17)27/h4-7,12-13,15H,10-11H2,1-3H3,(H,29,33)(H,31,32). The molecule has 0 spiro atoms. The number of aryl methyl sites for hydroxylation is 2. The first kappa shape index (κ1) is 24.4. The van der Waals surface area contributed by atoms with Crippen molar-refractivity contribution in [3.63, 3.8) is 0 Å². The van der Waals surface area contributed by atoms with Crippen LogP contribution in [-0.4, -0.2) is 26.9 Å². The predicted octanol–water partition coefficient (Wildman–Crippen LogP) is 6.48. The van der Waals surface area contributed by atoms with Gasteiger partial charge in [-0.1, -0.05) is 41.6 Å². The average Bonchev–Trinajstić information content (AvgIpc) is 3.33. The Kier molecular flexibility index (Phi) is 6.29. The zero-order chi connectivity index (χ0) is 25.6. The molecule has 1 saturated carbocycles. The number of halogens is 1. The summed E-state index contributed by atoms with van der Waals surface area (Å²) < 4.78 is 9.16. The van der Waals surface area contributed by atoms with Gasteiger partial charge in [0.2, 0.25) is 0 Å². The molecule has 7 nitrogen and oxygen atoms in total. The molecule has 0 bridgehead atoms. The maximum Gasteiger partial charge on any atom is 0.413 e. The van der Waals surface area contributed by atoms with Crippen molar-refractivity contribution in [3.05, 3.63) is 68.0 Å². The number of amides is 1. The fraction of sp³-hybridized carbons (Fsp3) is 0.269. The molecular formula is C26H22ClN3O4S2. The molecule has 1 aliphatic rings. The van der Waals surface area contributed by atoms with E-state index in [0.717, 1.165) is 24.7 Å². The molecule has 1 atom stereocenters. The Balaban J connectivity index is 1.34. The maximum atomic E-state index is 12.6. The fourth-order valence-corrected chi connectivity index (χ4v) is 6.98. The summed E-state index contributed by atoms with van der Waals surface area (Å²) in [6.45, 7) is 3.75. The van der Waals surface area contributed by atoms with Gasteiger partial charge in [0.15, 0.2) is 0 Å². The first-order valence-electron chi connectivity index (χ1n) is 11.2. The molecule has 3 aromatic heterocycles. The first-order chi connectivity index (χ1) is 17.2. The topological polar surface area (TPSA) is 93.5 Å². The van der Waals surface area contributed by atoms with Gasteiger partial charge in [0.05, 0.1) is 16.6 Å². The summed E-state index contributed by atoms with van der Waals surface area (Å²) in [6.07, 6.45) is 1.80. The van der Waals surface area contributed by atoms with E-state index in [2.05, 4.69) is 22.3 Å². The van der Waals surface area contributed by atoms with Crippen LogP contribution in [0.4, 0.5) is 10.6 Å². The number of carbonyl (C=O) groups excluding carboxylic acids is 1. The molecule has 1 unspecified atom stereocenters. The Labute approximate surface area is 220 Å². The lowest BCUT2D eigenvalue weighted by Gasteiger charge is -2.15. The van der Waals surface area contributed by atoms with Crippen molar-refractivity contribution in [2.45, 2.75) is 38.2 Å². The molecule has 1 amide bonds. The van der Waals surface area contributed by atoms with E-state index in [1.54, 1.807) is 48.9 Å². The smallest absolute Gasteiger partial charge is 0.413 e. The fourth-order valence-electron chi connectivity index (χ4n) is 4.00. The lowest BCUT2D eigenvalue weighted by molar-refractivity contribution is -0.139. The van der Waals surface area contributed by atoms with Gasteiger partial charge in [-0.25, -0.2) is 4.79 Å². The third kappa shape index (κ3) is 4.37. The molecule has 184 valence electrons. The normalized spacial score (nSPS) is 14.7. The van der Waals surface area contributed by atoms with Gasteiger partial charge < -0.3 is 9.84 Å². The summed E-state index contributed by atoms with van der Waals surface area (Å²) >= 11 is 9.30. The number of carboxylic acids is 1. The highest BCUT2D eigenvalue weighted by molar-refractivity contribution is 7.28. The molecule has 1 fully saturated rings. The van der Waals surface area contributed by atoms with Gasteiger partial charge in [0, 0.05) is 31.9 Å². The summed E-state index contributed by atoms with van der Waals surface area (Å²) in [7, 11) is 1.71. The lowest BCUT2D eigenvalue weighted by Crippen LogP contribution is -2.18. The van der Waals surface area contributed by atoms with Crippen molar-refractivity contribution in [1.29, 1.82) is 0 Å². The van der Waals surface area contributed by atoms with Gasteiger partial charge in [-0.05, 0) is 44.4 Å². The zero-order valence-electron chi connectivity index (χ0n) is 19.7. The molecule has 1 aliphatic carbocycles. The van der Waals surface area contributed by atoms with E-state index < -0.39 is 23.6 Å². The van der Waals surface area contributed by atoms with Gasteiger partial charge in [-0.3, -0.25) is 14.8 Å². The second-order valence-electron chi connectivity index (χ2n) is 8.72. The zero-order valence-corrected chi connectivity index (χ0v) is 22.1. The quantitative estimate of drug-likeness (QED) is 0.283. The van der Waals surface area contributed by atoms with E-state index in [9.17, 15) is 14.7 Å². The van der Waals surface area contributed by atoms with E-state index in [4.69, 9.17) is 16.3 Å². The monoisotopic (exact) mass is 539 g/mol. The van der Waals surface area contributed by atoms with Crippen LogP contribution in [0.5, 0.6) is 0 Å². The number of carbonyl (C=O) groups is 2. The van der Waals surface area contributed by atoms with Crippen LogP contribution in [0.25, 0.3) is 9.40 Å². The maximum absolute atomic E-state index is 12.6. The van der Waals surface area contributed by atoms with Gasteiger partial charge in [0.25, 0.3) is 0 Å². The molecule has 5 rings (SSSR count). The number of ether oxygens (including phenoxy) is 1. The summed E-state index contributed by atoms with van der Waals surface area (Å²) in [5.41, 5.74) is 1.60. The Morgan fingerprint density at radius 3 is 2.69 bits per heavy atom. The summed E-state index contributed by atoms with van der Waals surface area (Å²) in [5, 5.41) is 17.1. The molecule has 3 heterocycles. The number of aromatic nitrogens is 2. The van der Waals surface area contributed by atoms with E-state index in [-0.39, 0.29) is 0 Å². The largest absolute Gasteiger partial charge is 0.481 e. The van der Waals surface area contributed by atoms with Gasteiger partial charge >= 0.3 is 12.1 Å². The third-order valence-electron chi connectivity index (χ3n) is 6.32. The van der Waals surface area contributed by atoms with Crippen molar-refractivity contribution in [2.24, 2.45) is 7.05 Å². The number of anilines is 1. The highest BCUT2D eigenvalue weighted by Gasteiger charge is 2.53. The molecule has 0 aliphatic heterocycles. The number of hydrogen-bond acceptors (Lipinski definition) is 6. The van der Waals surface area contributed by atoms with Gasteiger partial charge in [-0.15, -0.1) is 22.7 Å². The molecule has 36 heavy (non-hydrogen) atoms. The number of nitrogens with one attached hydrogen (secondary N) is 1. The van der Waals surface area contributed by atoms with E-state index in [0.29, 0.717) is 34.8 Å². The van der Waals surface area contributed by atoms with Crippen molar-refractivity contribution < 1.29 is 19.4 Å². The van der Waals surface area contributed by atoms with Crippen molar-refractivity contribution in [2.75, 3.05) is 5.32 Å². The van der Waals surface area contributed by atoms with Gasteiger partial charge in [0.1, 0.15) is 17.3 Å². The Morgan fingerprint density at radius 2 is 2.03 bits per heavy atom. The van der Waals surface area contributed by atoms with Crippen molar-refractivity contribution in [3.8, 4) is 11.8 Å². The number of benzene rings is 1. The Morgan fingerprint density at radius 1 is 1.28 bits per heavy atom. The van der Waals surface area contributed by atoms with Crippen LogP contribution in [0, 0.1) is 18.8 Å². The number of thiophene rings is 2. The summed E-state index contributed by atoms with van der Waals surface area (Å²) in [5.74, 6) is 5.99. The molecule has 4 aromatic rings. The first-order valence-corrected chi connectivity index (χ1v) is 13.2. The Hall–Kier alpha value is -3.32. The number of aliphatic carboxylic acids is 1. The van der Waals surface area contributed by atoms with Crippen LogP contribution in [0.1, 0.15) is 52.3 Å². The number of rotatable bonds is 5. The van der Waals surface area contributed by atoms with Crippen LogP contribution in [0.3, 0.4) is 0 Å². The van der Waals surface area contributed by atoms with E-state index >= 15 is 0 Å². The van der Waals surface area contributed by atoms with Crippen LogP contribution >= 0.6 is 34.3 Å². The SMILES string of the molecule is Cc1c(C#Cc2cnn(C)c2NC(=O)OC(C)c2ccccc2Cl)sc2cc(C3(C(=O)O)CC3)sc12. The van der Waals surface area contributed by atoms with Crippen LogP contribution < -0.4 is 5.32 Å². The minimum Gasteiger partial charge on any atom is -0.481 e. The molecule has 10 heteroatoms.